The molecule has 0 bridgehead atoms. The summed E-state index contributed by atoms with van der Waals surface area (Å²) in [6.45, 7) is 0.249. The normalized spacial score (nSPS) is 20.8. The maximum atomic E-state index is 11.9. The summed E-state index contributed by atoms with van der Waals surface area (Å²) in [6, 6.07) is 6.92. The van der Waals surface area contributed by atoms with Crippen LogP contribution in [-0.4, -0.2) is 45.7 Å². The van der Waals surface area contributed by atoms with Crippen molar-refractivity contribution in [2.75, 3.05) is 23.7 Å². The van der Waals surface area contributed by atoms with Crippen LogP contribution in [0.5, 0.6) is 5.75 Å². The fourth-order valence-corrected chi connectivity index (χ4v) is 3.22. The Balaban J connectivity index is 1.74. The first-order chi connectivity index (χ1) is 10.4. The van der Waals surface area contributed by atoms with Crippen molar-refractivity contribution in [3.8, 4) is 5.75 Å². The van der Waals surface area contributed by atoms with E-state index in [1.165, 1.54) is 4.31 Å². The van der Waals surface area contributed by atoms with E-state index in [-0.39, 0.29) is 31.4 Å². The number of para-hydroxylation sites is 2. The number of anilines is 1. The van der Waals surface area contributed by atoms with Crippen LogP contribution in [0.3, 0.4) is 0 Å². The van der Waals surface area contributed by atoms with E-state index < -0.39 is 16.1 Å². The summed E-state index contributed by atoms with van der Waals surface area (Å²) in [6.07, 6.45) is 0.749. The van der Waals surface area contributed by atoms with Gasteiger partial charge in [0.25, 0.3) is 0 Å². The third-order valence-electron chi connectivity index (χ3n) is 3.25. The smallest absolute Gasteiger partial charge is 0.249 e. The average molecular weight is 325 g/mol. The molecule has 22 heavy (non-hydrogen) atoms. The molecule has 0 fully saturated rings. The molecule has 2 aliphatic heterocycles. The molecule has 0 saturated heterocycles. The lowest BCUT2D eigenvalue weighted by atomic mass is 10.2. The maximum absolute atomic E-state index is 11.9. The van der Waals surface area contributed by atoms with Crippen molar-refractivity contribution < 1.29 is 22.7 Å². The first-order valence-corrected chi connectivity index (χ1v) is 8.50. The Labute approximate surface area is 127 Å². The van der Waals surface area contributed by atoms with Gasteiger partial charge in [-0.2, -0.15) is 0 Å². The van der Waals surface area contributed by atoms with E-state index >= 15 is 0 Å². The van der Waals surface area contributed by atoms with E-state index in [1.54, 1.807) is 24.3 Å². The fraction of sp³-hybridized carbons (Fsp3) is 0.385. The highest BCUT2D eigenvalue weighted by atomic mass is 32.2. The van der Waals surface area contributed by atoms with Crippen LogP contribution in [0.15, 0.2) is 29.4 Å². The molecule has 0 aromatic heterocycles. The minimum atomic E-state index is -3.42. The Morgan fingerprint density at radius 3 is 2.91 bits per heavy atom. The zero-order chi connectivity index (χ0) is 15.7. The predicted octanol–water partition coefficient (Wildman–Crippen LogP) is 0.0636. The third-order valence-corrected chi connectivity index (χ3v) is 4.40. The predicted molar refractivity (Wildman–Crippen MR) is 79.2 cm³/mol. The highest BCUT2D eigenvalue weighted by molar-refractivity contribution is 7.92. The number of hydrazone groups is 1. The Morgan fingerprint density at radius 2 is 2.23 bits per heavy atom. The number of amides is 1. The van der Waals surface area contributed by atoms with Gasteiger partial charge in [0.1, 0.15) is 18.8 Å². The molecule has 1 aromatic rings. The molecular weight excluding hydrogens is 310 g/mol. The fourth-order valence-electron chi connectivity index (χ4n) is 2.28. The third kappa shape index (κ3) is 2.98. The van der Waals surface area contributed by atoms with Crippen LogP contribution in [0.1, 0.15) is 6.42 Å². The Hall–Kier alpha value is -2.29. The van der Waals surface area contributed by atoms with Gasteiger partial charge in [0.05, 0.1) is 18.5 Å². The van der Waals surface area contributed by atoms with Gasteiger partial charge in [-0.15, -0.1) is 5.10 Å². The number of ether oxygens (including phenoxy) is 2. The van der Waals surface area contributed by atoms with Crippen LogP contribution in [0.25, 0.3) is 0 Å². The number of carbonyl (C=O) groups excluding carboxylic acids is 1. The second kappa shape index (κ2) is 5.48. The van der Waals surface area contributed by atoms with E-state index in [1.807, 2.05) is 0 Å². The van der Waals surface area contributed by atoms with Crippen molar-refractivity contribution in [2.24, 2.45) is 5.10 Å². The monoisotopic (exact) mass is 325 g/mol. The quantitative estimate of drug-likeness (QED) is 0.848. The molecule has 1 atom stereocenters. The molecule has 0 saturated carbocycles. The molecule has 3 rings (SSSR count). The number of sulfonamides is 1. The van der Waals surface area contributed by atoms with Crippen LogP contribution in [0, 0.1) is 0 Å². The van der Waals surface area contributed by atoms with Gasteiger partial charge in [-0.25, -0.2) is 13.8 Å². The Morgan fingerprint density at radius 1 is 1.45 bits per heavy atom. The van der Waals surface area contributed by atoms with Crippen molar-refractivity contribution >= 4 is 27.5 Å². The summed E-state index contributed by atoms with van der Waals surface area (Å²) < 4.78 is 36.4. The van der Waals surface area contributed by atoms with Crippen LogP contribution < -0.4 is 14.5 Å². The van der Waals surface area contributed by atoms with Crippen molar-refractivity contribution in [1.29, 1.82) is 0 Å². The Kier molecular flexibility index (Phi) is 3.65. The maximum Gasteiger partial charge on any atom is 0.249 e. The second-order valence-corrected chi connectivity index (χ2v) is 6.94. The lowest BCUT2D eigenvalue weighted by Gasteiger charge is -2.34. The van der Waals surface area contributed by atoms with E-state index in [2.05, 4.69) is 10.5 Å². The van der Waals surface area contributed by atoms with Crippen molar-refractivity contribution in [3.63, 3.8) is 0 Å². The molecule has 1 aromatic carbocycles. The molecule has 8 nitrogen and oxygen atoms in total. The largest absolute Gasteiger partial charge is 0.483 e. The van der Waals surface area contributed by atoms with Gasteiger partial charge in [-0.1, -0.05) is 12.1 Å². The van der Waals surface area contributed by atoms with E-state index in [0.29, 0.717) is 11.4 Å². The number of hydrogen-bond acceptors (Lipinski definition) is 6. The zero-order valence-corrected chi connectivity index (χ0v) is 12.7. The van der Waals surface area contributed by atoms with Gasteiger partial charge in [-0.05, 0) is 12.1 Å². The number of fused-ring (bicyclic) bond motifs is 1. The summed E-state index contributed by atoms with van der Waals surface area (Å²) >= 11 is 0. The van der Waals surface area contributed by atoms with Gasteiger partial charge in [0.15, 0.2) is 6.10 Å². The molecule has 0 radical (unpaired) electrons. The van der Waals surface area contributed by atoms with E-state index in [4.69, 9.17) is 9.47 Å². The molecule has 2 aliphatic rings. The topological polar surface area (TPSA) is 97.3 Å². The lowest BCUT2D eigenvalue weighted by molar-refractivity contribution is -0.119. The van der Waals surface area contributed by atoms with Crippen molar-refractivity contribution in [1.82, 2.24) is 5.43 Å². The summed E-state index contributed by atoms with van der Waals surface area (Å²) in [5.74, 6) is 0.524. The van der Waals surface area contributed by atoms with Crippen LogP contribution in [0.4, 0.5) is 5.69 Å². The highest BCUT2D eigenvalue weighted by Crippen LogP contribution is 2.34. The van der Waals surface area contributed by atoms with Gasteiger partial charge >= 0.3 is 0 Å². The van der Waals surface area contributed by atoms with Crippen molar-refractivity contribution in [2.45, 2.75) is 12.5 Å². The summed E-state index contributed by atoms with van der Waals surface area (Å²) in [5, 5.41) is 3.72. The molecule has 0 aliphatic carbocycles. The number of hydrogen-bond donors (Lipinski definition) is 1. The molecule has 9 heteroatoms. The van der Waals surface area contributed by atoms with Gasteiger partial charge in [0.2, 0.25) is 21.8 Å². The molecule has 1 amide bonds. The Bertz CT molecular complexity index is 731. The van der Waals surface area contributed by atoms with Crippen LogP contribution in [0.2, 0.25) is 0 Å². The van der Waals surface area contributed by atoms with Gasteiger partial charge in [0, 0.05) is 0 Å². The molecule has 0 spiro atoms. The van der Waals surface area contributed by atoms with Crippen LogP contribution in [-0.2, 0) is 19.6 Å². The minimum Gasteiger partial charge on any atom is -0.483 e. The number of nitrogens with one attached hydrogen (secondary N) is 1. The minimum absolute atomic E-state index is 0.0824. The molecular formula is C13H15N3O5S. The first-order valence-electron chi connectivity index (χ1n) is 6.65. The summed E-state index contributed by atoms with van der Waals surface area (Å²) in [7, 11) is -3.42. The molecule has 2 heterocycles. The van der Waals surface area contributed by atoms with Crippen LogP contribution >= 0.6 is 0 Å². The number of nitrogens with zero attached hydrogens (tertiary/aromatic N) is 2. The van der Waals surface area contributed by atoms with Crippen molar-refractivity contribution in [3.05, 3.63) is 24.3 Å². The number of benzene rings is 1. The lowest BCUT2D eigenvalue weighted by Crippen LogP contribution is -2.45. The molecule has 118 valence electrons. The van der Waals surface area contributed by atoms with E-state index in [9.17, 15) is 13.2 Å². The zero-order valence-electron chi connectivity index (χ0n) is 11.9. The van der Waals surface area contributed by atoms with E-state index in [0.717, 1.165) is 6.26 Å². The standard InChI is InChI=1S/C13H15N3O5S/c1-22(18,19)16-7-9(8-20-13-6-12(17)14-15-13)21-11-5-3-2-4-10(11)16/h2-5,9H,6-8H2,1H3,(H,14,17)/t9-/m1/s1. The molecule has 1 N–H and O–H groups in total. The first kappa shape index (κ1) is 14.6. The average Bonchev–Trinajstić information content (AvgIpc) is 2.89. The summed E-state index contributed by atoms with van der Waals surface area (Å²) in [4.78, 5) is 11.0. The number of carbonyl (C=O) groups is 1. The molecule has 0 unspecified atom stereocenters. The van der Waals surface area contributed by atoms with Gasteiger partial charge in [-0.3, -0.25) is 9.10 Å². The second-order valence-electron chi connectivity index (χ2n) is 5.03. The number of rotatable bonds is 3. The SMILES string of the molecule is CS(=O)(=O)N1C[C@H](COC2=NNC(=O)C2)Oc2ccccc21. The van der Waals surface area contributed by atoms with Gasteiger partial charge < -0.3 is 9.47 Å². The highest BCUT2D eigenvalue weighted by Gasteiger charge is 2.31. The summed E-state index contributed by atoms with van der Waals surface area (Å²) in [5.41, 5.74) is 2.79.